The lowest BCUT2D eigenvalue weighted by molar-refractivity contribution is 0.102. The number of fused-ring (bicyclic) bond motifs is 1. The molecule has 1 aliphatic rings. The maximum Gasteiger partial charge on any atom is 0.181 e. The number of thiazole rings is 1. The van der Waals surface area contributed by atoms with Crippen molar-refractivity contribution in [3.8, 4) is 0 Å². The number of rotatable bonds is 7. The number of ether oxygens (including phenoxy) is 1. The minimum atomic E-state index is 0.638. The monoisotopic (exact) mass is 291 g/mol. The second-order valence-corrected chi connectivity index (χ2v) is 6.67. The lowest BCUT2D eigenvalue weighted by Gasteiger charge is -2.16. The van der Waals surface area contributed by atoms with Crippen LogP contribution in [0.25, 0.3) is 10.2 Å². The topological polar surface area (TPSA) is 51.4 Å². The molecule has 1 aromatic heterocycles. The Labute approximate surface area is 123 Å². The van der Waals surface area contributed by atoms with Gasteiger partial charge in [0.15, 0.2) is 5.13 Å². The van der Waals surface area contributed by atoms with Gasteiger partial charge in [-0.3, -0.25) is 4.90 Å². The van der Waals surface area contributed by atoms with Gasteiger partial charge in [-0.1, -0.05) is 17.4 Å². The molecule has 20 heavy (non-hydrogen) atoms. The molecular formula is C15H21N3OS. The number of hydrogen-bond donors (Lipinski definition) is 1. The maximum atomic E-state index is 5.73. The summed E-state index contributed by atoms with van der Waals surface area (Å²) >= 11 is 1.55. The smallest absolute Gasteiger partial charge is 0.181 e. The standard InChI is InChI=1S/C15H21N3OS/c1-18(6-7-19-10-11-2-3-11)9-12-4-5-13-14(8-12)20-15(16)17-13/h4-5,8,11H,2-3,6-7,9-10H2,1H3,(H2,16,17). The molecule has 4 nitrogen and oxygen atoms in total. The number of anilines is 1. The lowest BCUT2D eigenvalue weighted by atomic mass is 10.2. The molecule has 1 heterocycles. The molecular weight excluding hydrogens is 270 g/mol. The van der Waals surface area contributed by atoms with Crippen molar-refractivity contribution in [2.75, 3.05) is 32.5 Å². The number of benzene rings is 1. The third kappa shape index (κ3) is 3.69. The Morgan fingerprint density at radius 1 is 1.45 bits per heavy atom. The predicted octanol–water partition coefficient (Wildman–Crippen LogP) is 2.74. The van der Waals surface area contributed by atoms with E-state index in [1.54, 1.807) is 11.3 Å². The van der Waals surface area contributed by atoms with E-state index in [4.69, 9.17) is 10.5 Å². The molecule has 2 N–H and O–H groups in total. The first kappa shape index (κ1) is 13.8. The highest BCUT2D eigenvalue weighted by Gasteiger charge is 2.20. The predicted molar refractivity (Wildman–Crippen MR) is 83.9 cm³/mol. The first-order valence-corrected chi connectivity index (χ1v) is 7.93. The zero-order chi connectivity index (χ0) is 13.9. The van der Waals surface area contributed by atoms with E-state index < -0.39 is 0 Å². The van der Waals surface area contributed by atoms with Crippen molar-refractivity contribution in [1.29, 1.82) is 0 Å². The fraction of sp³-hybridized carbons (Fsp3) is 0.533. The highest BCUT2D eigenvalue weighted by atomic mass is 32.1. The minimum Gasteiger partial charge on any atom is -0.380 e. The van der Waals surface area contributed by atoms with E-state index in [9.17, 15) is 0 Å². The number of aromatic nitrogens is 1. The quantitative estimate of drug-likeness (QED) is 0.797. The summed E-state index contributed by atoms with van der Waals surface area (Å²) < 4.78 is 6.84. The van der Waals surface area contributed by atoms with Gasteiger partial charge in [0.05, 0.1) is 16.8 Å². The summed E-state index contributed by atoms with van der Waals surface area (Å²) in [6.07, 6.45) is 2.71. The number of nitrogens with zero attached hydrogens (tertiary/aromatic N) is 2. The van der Waals surface area contributed by atoms with Gasteiger partial charge >= 0.3 is 0 Å². The minimum absolute atomic E-state index is 0.638. The van der Waals surface area contributed by atoms with E-state index in [0.29, 0.717) is 5.13 Å². The zero-order valence-electron chi connectivity index (χ0n) is 11.8. The lowest BCUT2D eigenvalue weighted by Crippen LogP contribution is -2.23. The normalized spacial score (nSPS) is 15.3. The Bertz CT molecular complexity index is 580. The van der Waals surface area contributed by atoms with Crippen molar-refractivity contribution in [1.82, 2.24) is 9.88 Å². The highest BCUT2D eigenvalue weighted by Crippen LogP contribution is 2.28. The first-order chi connectivity index (χ1) is 9.70. The number of nitrogen functional groups attached to an aromatic ring is 1. The van der Waals surface area contributed by atoms with Crippen LogP contribution in [0.15, 0.2) is 18.2 Å². The molecule has 1 fully saturated rings. The van der Waals surface area contributed by atoms with Crippen LogP contribution in [-0.2, 0) is 11.3 Å². The van der Waals surface area contributed by atoms with E-state index in [-0.39, 0.29) is 0 Å². The van der Waals surface area contributed by atoms with Crippen LogP contribution >= 0.6 is 11.3 Å². The molecule has 108 valence electrons. The van der Waals surface area contributed by atoms with Gasteiger partial charge in [-0.15, -0.1) is 0 Å². The Morgan fingerprint density at radius 3 is 3.10 bits per heavy atom. The van der Waals surface area contributed by atoms with Crippen LogP contribution in [0.3, 0.4) is 0 Å². The molecule has 2 aromatic rings. The van der Waals surface area contributed by atoms with Crippen molar-refractivity contribution in [3.05, 3.63) is 23.8 Å². The third-order valence-electron chi connectivity index (χ3n) is 3.59. The summed E-state index contributed by atoms with van der Waals surface area (Å²) in [5, 5.41) is 0.638. The summed E-state index contributed by atoms with van der Waals surface area (Å²) in [5.41, 5.74) is 8.02. The van der Waals surface area contributed by atoms with E-state index in [2.05, 4.69) is 35.1 Å². The fourth-order valence-corrected chi connectivity index (χ4v) is 3.03. The molecule has 0 bridgehead atoms. The number of hydrogen-bond acceptors (Lipinski definition) is 5. The summed E-state index contributed by atoms with van der Waals surface area (Å²) in [5.74, 6) is 0.847. The molecule has 0 unspecified atom stereocenters. The van der Waals surface area contributed by atoms with E-state index in [1.165, 1.54) is 23.1 Å². The molecule has 1 aliphatic carbocycles. The van der Waals surface area contributed by atoms with Gasteiger partial charge in [-0.25, -0.2) is 4.98 Å². The summed E-state index contributed by atoms with van der Waals surface area (Å²) in [6, 6.07) is 6.36. The van der Waals surface area contributed by atoms with Crippen LogP contribution in [0.2, 0.25) is 0 Å². The summed E-state index contributed by atoms with van der Waals surface area (Å²) in [7, 11) is 2.13. The molecule has 0 atom stereocenters. The highest BCUT2D eigenvalue weighted by molar-refractivity contribution is 7.22. The molecule has 5 heteroatoms. The van der Waals surface area contributed by atoms with E-state index in [0.717, 1.165) is 37.7 Å². The second-order valence-electron chi connectivity index (χ2n) is 5.61. The summed E-state index contributed by atoms with van der Waals surface area (Å²) in [4.78, 5) is 6.57. The van der Waals surface area contributed by atoms with Crippen molar-refractivity contribution >= 4 is 26.7 Å². The van der Waals surface area contributed by atoms with Gasteiger partial charge in [0.25, 0.3) is 0 Å². The van der Waals surface area contributed by atoms with E-state index >= 15 is 0 Å². The van der Waals surface area contributed by atoms with Crippen LogP contribution in [0.1, 0.15) is 18.4 Å². The van der Waals surface area contributed by atoms with Crippen LogP contribution in [0.4, 0.5) is 5.13 Å². The SMILES string of the molecule is CN(CCOCC1CC1)Cc1ccc2nc(N)sc2c1. The summed E-state index contributed by atoms with van der Waals surface area (Å²) in [6.45, 7) is 3.67. The average Bonchev–Trinajstić information content (AvgIpc) is 3.15. The van der Waals surface area contributed by atoms with Gasteiger partial charge in [-0.2, -0.15) is 0 Å². The molecule has 0 amide bonds. The van der Waals surface area contributed by atoms with Crippen LogP contribution < -0.4 is 5.73 Å². The van der Waals surface area contributed by atoms with Crippen LogP contribution in [0, 0.1) is 5.92 Å². The largest absolute Gasteiger partial charge is 0.380 e. The molecule has 0 aliphatic heterocycles. The van der Waals surface area contributed by atoms with Crippen molar-refractivity contribution in [3.63, 3.8) is 0 Å². The van der Waals surface area contributed by atoms with Gasteiger partial charge in [0.1, 0.15) is 0 Å². The van der Waals surface area contributed by atoms with Gasteiger partial charge in [-0.05, 0) is 43.5 Å². The van der Waals surface area contributed by atoms with Gasteiger partial charge in [0, 0.05) is 19.7 Å². The van der Waals surface area contributed by atoms with Crippen molar-refractivity contribution in [2.24, 2.45) is 5.92 Å². The average molecular weight is 291 g/mol. The molecule has 3 rings (SSSR count). The zero-order valence-corrected chi connectivity index (χ0v) is 12.7. The molecule has 0 spiro atoms. The van der Waals surface area contributed by atoms with Gasteiger partial charge in [0.2, 0.25) is 0 Å². The first-order valence-electron chi connectivity index (χ1n) is 7.12. The molecule has 1 aromatic carbocycles. The van der Waals surface area contributed by atoms with Gasteiger partial charge < -0.3 is 10.5 Å². The Hall–Kier alpha value is -1.17. The second kappa shape index (κ2) is 6.08. The van der Waals surface area contributed by atoms with Crippen LogP contribution in [0.5, 0.6) is 0 Å². The van der Waals surface area contributed by atoms with E-state index in [1.807, 2.05) is 0 Å². The Morgan fingerprint density at radius 2 is 2.30 bits per heavy atom. The Balaban J connectivity index is 1.49. The maximum absolute atomic E-state index is 5.73. The molecule has 1 saturated carbocycles. The van der Waals surface area contributed by atoms with Crippen molar-refractivity contribution < 1.29 is 4.74 Å². The number of likely N-dealkylation sites (N-methyl/N-ethyl adjacent to an activating group) is 1. The molecule has 0 saturated heterocycles. The molecule has 0 radical (unpaired) electrons. The third-order valence-corrected chi connectivity index (χ3v) is 4.44. The fourth-order valence-electron chi connectivity index (χ4n) is 2.23. The number of nitrogens with two attached hydrogens (primary N) is 1. The Kier molecular flexibility index (Phi) is 4.19. The van der Waals surface area contributed by atoms with Crippen molar-refractivity contribution in [2.45, 2.75) is 19.4 Å². The van der Waals surface area contributed by atoms with Crippen LogP contribution in [-0.4, -0.2) is 36.7 Å².